The van der Waals surface area contributed by atoms with Gasteiger partial charge in [-0.1, -0.05) is 20.3 Å². The lowest BCUT2D eigenvalue weighted by molar-refractivity contribution is -0.141. The van der Waals surface area contributed by atoms with E-state index in [1.807, 2.05) is 0 Å². The first kappa shape index (κ1) is 30.1. The van der Waals surface area contributed by atoms with Gasteiger partial charge in [0.25, 0.3) is 12.9 Å². The van der Waals surface area contributed by atoms with E-state index in [0.29, 0.717) is 38.3 Å². The number of nitrogens with one attached hydrogen (secondary N) is 4. The number of amides is 3. The second-order valence-corrected chi connectivity index (χ2v) is 7.76. The van der Waals surface area contributed by atoms with E-state index >= 15 is 0 Å². The highest BCUT2D eigenvalue weighted by molar-refractivity contribution is 5.75. The number of aliphatic carboxylic acids is 1. The van der Waals surface area contributed by atoms with Gasteiger partial charge in [-0.15, -0.1) is 0 Å². The summed E-state index contributed by atoms with van der Waals surface area (Å²) in [6.45, 7) is 5.91. The van der Waals surface area contributed by atoms with Crippen LogP contribution < -0.4 is 21.3 Å². The van der Waals surface area contributed by atoms with Crippen LogP contribution in [0.4, 0.5) is 4.79 Å². The van der Waals surface area contributed by atoms with E-state index in [4.69, 9.17) is 9.84 Å². The third kappa shape index (κ3) is 19.5. The Bertz CT molecular complexity index is 589. The van der Waals surface area contributed by atoms with Gasteiger partial charge in [0.2, 0.25) is 5.91 Å². The first-order chi connectivity index (χ1) is 15.8. The first-order valence-corrected chi connectivity index (χ1v) is 11.3. The Balaban J connectivity index is 4.06. The normalized spacial score (nSPS) is 12.3. The number of ether oxygens (including phenoxy) is 2. The Morgan fingerprint density at radius 2 is 1.42 bits per heavy atom. The lowest BCUT2D eigenvalue weighted by Gasteiger charge is -2.20. The number of carbonyl (C=O) groups is 5. The lowest BCUT2D eigenvalue weighted by Crippen LogP contribution is -2.48. The van der Waals surface area contributed by atoms with Crippen molar-refractivity contribution in [1.29, 1.82) is 0 Å². The standard InChI is InChI=1S/C21H38N4O8/c1-16(2)22-12-6-3-4-8-17(28)23-13-7-5-9-18(32-14-26)24-21(31)25-19(33-15-27)10-11-20(29)30/h14-16,18-19,22H,3-13H2,1-2H3,(H,23,28)(H,29,30)(H2,24,25,31)/t18-,19-/m1/s1. The molecule has 190 valence electrons. The monoisotopic (exact) mass is 474 g/mol. The minimum absolute atomic E-state index is 0.00686. The van der Waals surface area contributed by atoms with Gasteiger partial charge in [-0.05, 0) is 32.2 Å². The van der Waals surface area contributed by atoms with Crippen LogP contribution in [-0.4, -0.2) is 67.5 Å². The van der Waals surface area contributed by atoms with E-state index in [-0.39, 0.29) is 31.7 Å². The fourth-order valence-electron chi connectivity index (χ4n) is 2.82. The molecule has 0 aliphatic rings. The van der Waals surface area contributed by atoms with Gasteiger partial charge in [0.1, 0.15) is 0 Å². The van der Waals surface area contributed by atoms with Crippen molar-refractivity contribution in [3.8, 4) is 0 Å². The van der Waals surface area contributed by atoms with Crippen molar-refractivity contribution < 1.29 is 38.6 Å². The van der Waals surface area contributed by atoms with Gasteiger partial charge in [0.15, 0.2) is 12.5 Å². The minimum atomic E-state index is -1.13. The summed E-state index contributed by atoms with van der Waals surface area (Å²) in [5, 5.41) is 19.6. The summed E-state index contributed by atoms with van der Waals surface area (Å²) in [4.78, 5) is 55.7. The number of hydrogen-bond acceptors (Lipinski definition) is 8. The van der Waals surface area contributed by atoms with E-state index in [1.54, 1.807) is 0 Å². The SMILES string of the molecule is CC(C)NCCCCCC(=O)NCCCC[C@H](NC(=O)N[C@@H](CCC(=O)O)OC=O)OC=O. The molecule has 0 aromatic carbocycles. The summed E-state index contributed by atoms with van der Waals surface area (Å²) in [7, 11) is 0. The molecule has 3 amide bonds. The minimum Gasteiger partial charge on any atom is -0.481 e. The average Bonchev–Trinajstić information content (AvgIpc) is 2.74. The molecule has 0 radical (unpaired) electrons. The number of rotatable bonds is 21. The molecule has 0 saturated heterocycles. The molecule has 0 rings (SSSR count). The summed E-state index contributed by atoms with van der Waals surface area (Å²) in [6.07, 6.45) is 2.35. The van der Waals surface area contributed by atoms with Crippen molar-refractivity contribution in [2.24, 2.45) is 0 Å². The van der Waals surface area contributed by atoms with E-state index in [0.717, 1.165) is 25.8 Å². The molecule has 0 bridgehead atoms. The fraction of sp³-hybridized carbons (Fsp3) is 0.762. The largest absolute Gasteiger partial charge is 0.481 e. The lowest BCUT2D eigenvalue weighted by atomic mass is 10.1. The van der Waals surface area contributed by atoms with Crippen LogP contribution in [-0.2, 0) is 28.7 Å². The molecule has 33 heavy (non-hydrogen) atoms. The fourth-order valence-corrected chi connectivity index (χ4v) is 2.82. The molecule has 0 aromatic rings. The molecule has 0 aliphatic heterocycles. The maximum Gasteiger partial charge on any atom is 0.320 e. The molecular formula is C21H38N4O8. The summed E-state index contributed by atoms with van der Waals surface area (Å²) in [5.41, 5.74) is 0. The number of carboxylic acid groups (broad SMARTS) is 1. The van der Waals surface area contributed by atoms with Crippen molar-refractivity contribution in [3.63, 3.8) is 0 Å². The predicted octanol–water partition coefficient (Wildman–Crippen LogP) is 0.994. The number of hydrogen-bond donors (Lipinski definition) is 5. The van der Waals surface area contributed by atoms with Crippen LogP contribution in [0.3, 0.4) is 0 Å². The second-order valence-electron chi connectivity index (χ2n) is 7.76. The van der Waals surface area contributed by atoms with Crippen molar-refractivity contribution >= 4 is 30.9 Å². The molecular weight excluding hydrogens is 436 g/mol. The molecule has 0 spiro atoms. The van der Waals surface area contributed by atoms with Gasteiger partial charge in [-0.2, -0.15) is 0 Å². The van der Waals surface area contributed by atoms with Crippen LogP contribution in [0.15, 0.2) is 0 Å². The molecule has 0 heterocycles. The van der Waals surface area contributed by atoms with Crippen LogP contribution in [0, 0.1) is 0 Å². The Hall–Kier alpha value is -2.89. The van der Waals surface area contributed by atoms with Gasteiger partial charge >= 0.3 is 12.0 Å². The van der Waals surface area contributed by atoms with Crippen LogP contribution in [0.25, 0.3) is 0 Å². The Labute approximate surface area is 194 Å². The van der Waals surface area contributed by atoms with Crippen molar-refractivity contribution in [2.45, 2.75) is 90.1 Å². The van der Waals surface area contributed by atoms with Crippen LogP contribution in [0.1, 0.15) is 71.6 Å². The van der Waals surface area contributed by atoms with Crippen LogP contribution >= 0.6 is 0 Å². The molecule has 0 aromatic heterocycles. The molecule has 12 nitrogen and oxygen atoms in total. The van der Waals surface area contributed by atoms with E-state index < -0.39 is 24.5 Å². The Morgan fingerprint density at radius 3 is 2.00 bits per heavy atom. The zero-order valence-electron chi connectivity index (χ0n) is 19.5. The van der Waals surface area contributed by atoms with Gasteiger partial charge in [-0.3, -0.25) is 19.2 Å². The predicted molar refractivity (Wildman–Crippen MR) is 119 cm³/mol. The molecule has 0 saturated carbocycles. The summed E-state index contributed by atoms with van der Waals surface area (Å²) < 4.78 is 9.46. The zero-order chi connectivity index (χ0) is 24.9. The third-order valence-electron chi connectivity index (χ3n) is 4.49. The van der Waals surface area contributed by atoms with Gasteiger partial charge in [0, 0.05) is 31.8 Å². The number of carboxylic acids is 1. The van der Waals surface area contributed by atoms with Gasteiger partial charge in [-0.25, -0.2) is 4.79 Å². The van der Waals surface area contributed by atoms with E-state index in [1.165, 1.54) is 0 Å². The maximum atomic E-state index is 12.0. The van der Waals surface area contributed by atoms with Crippen LogP contribution in [0.5, 0.6) is 0 Å². The van der Waals surface area contributed by atoms with Crippen LogP contribution in [0.2, 0.25) is 0 Å². The molecule has 0 unspecified atom stereocenters. The highest BCUT2D eigenvalue weighted by atomic mass is 16.5. The average molecular weight is 475 g/mol. The highest BCUT2D eigenvalue weighted by Gasteiger charge is 2.18. The first-order valence-electron chi connectivity index (χ1n) is 11.3. The van der Waals surface area contributed by atoms with Crippen molar-refractivity contribution in [1.82, 2.24) is 21.3 Å². The quantitative estimate of drug-likeness (QED) is 0.0924. The van der Waals surface area contributed by atoms with Gasteiger partial charge in [0.05, 0.1) is 6.42 Å². The Kier molecular flexibility index (Phi) is 18.0. The topological polar surface area (TPSA) is 172 Å². The maximum absolute atomic E-state index is 12.0. The third-order valence-corrected chi connectivity index (χ3v) is 4.49. The van der Waals surface area contributed by atoms with Crippen molar-refractivity contribution in [3.05, 3.63) is 0 Å². The summed E-state index contributed by atoms with van der Waals surface area (Å²) in [6, 6.07) is -0.317. The number of unbranched alkanes of at least 4 members (excludes halogenated alkanes) is 3. The van der Waals surface area contributed by atoms with E-state index in [2.05, 4.69) is 39.9 Å². The summed E-state index contributed by atoms with van der Waals surface area (Å²) >= 11 is 0. The zero-order valence-corrected chi connectivity index (χ0v) is 19.5. The number of urea groups is 1. The molecule has 2 atom stereocenters. The number of carbonyl (C=O) groups excluding carboxylic acids is 4. The van der Waals surface area contributed by atoms with E-state index in [9.17, 15) is 24.0 Å². The second kappa shape index (κ2) is 19.8. The molecule has 12 heteroatoms. The molecule has 5 N–H and O–H groups in total. The molecule has 0 fully saturated rings. The smallest absolute Gasteiger partial charge is 0.320 e. The van der Waals surface area contributed by atoms with Crippen molar-refractivity contribution in [2.75, 3.05) is 13.1 Å². The Morgan fingerprint density at radius 1 is 0.818 bits per heavy atom. The highest BCUT2D eigenvalue weighted by Crippen LogP contribution is 2.04. The summed E-state index contributed by atoms with van der Waals surface area (Å²) in [5.74, 6) is -1.11. The van der Waals surface area contributed by atoms with Gasteiger partial charge < -0.3 is 35.8 Å². The molecule has 0 aliphatic carbocycles.